The van der Waals surface area contributed by atoms with Gasteiger partial charge in [0, 0.05) is 37.8 Å². The zero-order valence-corrected chi connectivity index (χ0v) is 13.1. The molecule has 2 heterocycles. The molecule has 1 aliphatic heterocycles. The SMILES string of the molecule is Cc1ccc(CN2C[C@@H](N)[C@H](c3ccccc3)C2)nc1.Cl. The molecule has 1 aromatic carbocycles. The van der Waals surface area contributed by atoms with Gasteiger partial charge in [-0.25, -0.2) is 0 Å². The third kappa shape index (κ3) is 3.82. The van der Waals surface area contributed by atoms with Gasteiger partial charge >= 0.3 is 0 Å². The highest BCUT2D eigenvalue weighted by Gasteiger charge is 2.31. The predicted molar refractivity (Wildman–Crippen MR) is 88.7 cm³/mol. The van der Waals surface area contributed by atoms with Crippen LogP contribution in [0.15, 0.2) is 48.7 Å². The number of benzene rings is 1. The van der Waals surface area contributed by atoms with E-state index < -0.39 is 0 Å². The quantitative estimate of drug-likeness (QED) is 0.948. The van der Waals surface area contributed by atoms with Gasteiger partial charge in [0.1, 0.15) is 0 Å². The highest BCUT2D eigenvalue weighted by molar-refractivity contribution is 5.85. The summed E-state index contributed by atoms with van der Waals surface area (Å²) in [6.45, 7) is 4.90. The van der Waals surface area contributed by atoms with E-state index >= 15 is 0 Å². The molecule has 2 N–H and O–H groups in total. The van der Waals surface area contributed by atoms with Crippen molar-refractivity contribution in [3.8, 4) is 0 Å². The third-order valence-corrected chi connectivity index (χ3v) is 4.03. The van der Waals surface area contributed by atoms with E-state index in [-0.39, 0.29) is 18.4 Å². The van der Waals surface area contributed by atoms with Crippen molar-refractivity contribution in [2.45, 2.75) is 25.4 Å². The minimum Gasteiger partial charge on any atom is -0.326 e. The zero-order chi connectivity index (χ0) is 13.9. The fourth-order valence-electron chi connectivity index (χ4n) is 2.92. The molecule has 2 atom stereocenters. The maximum Gasteiger partial charge on any atom is 0.0544 e. The van der Waals surface area contributed by atoms with E-state index in [1.165, 1.54) is 11.1 Å². The van der Waals surface area contributed by atoms with Gasteiger partial charge in [-0.05, 0) is 24.1 Å². The van der Waals surface area contributed by atoms with E-state index in [4.69, 9.17) is 5.73 Å². The average molecular weight is 304 g/mol. The van der Waals surface area contributed by atoms with Gasteiger partial charge in [0.2, 0.25) is 0 Å². The number of nitrogens with zero attached hydrogens (tertiary/aromatic N) is 2. The first-order chi connectivity index (χ1) is 9.72. The van der Waals surface area contributed by atoms with Crippen molar-refractivity contribution in [1.29, 1.82) is 0 Å². The number of halogens is 1. The highest BCUT2D eigenvalue weighted by Crippen LogP contribution is 2.27. The van der Waals surface area contributed by atoms with Crippen LogP contribution in [-0.2, 0) is 6.54 Å². The summed E-state index contributed by atoms with van der Waals surface area (Å²) >= 11 is 0. The number of hydrogen-bond donors (Lipinski definition) is 1. The second-order valence-corrected chi connectivity index (χ2v) is 5.70. The lowest BCUT2D eigenvalue weighted by Gasteiger charge is -2.15. The van der Waals surface area contributed by atoms with Crippen molar-refractivity contribution in [2.24, 2.45) is 5.73 Å². The predicted octanol–water partition coefficient (Wildman–Crippen LogP) is 2.74. The lowest BCUT2D eigenvalue weighted by Crippen LogP contribution is -2.28. The first-order valence-corrected chi connectivity index (χ1v) is 7.17. The van der Waals surface area contributed by atoms with Gasteiger partial charge in [-0.1, -0.05) is 36.4 Å². The molecule has 1 aliphatic rings. The summed E-state index contributed by atoms with van der Waals surface area (Å²) in [6.07, 6.45) is 1.93. The van der Waals surface area contributed by atoms with Crippen molar-refractivity contribution in [3.05, 3.63) is 65.5 Å². The topological polar surface area (TPSA) is 42.1 Å². The van der Waals surface area contributed by atoms with E-state index in [0.29, 0.717) is 5.92 Å². The number of likely N-dealkylation sites (tertiary alicyclic amines) is 1. The summed E-state index contributed by atoms with van der Waals surface area (Å²) < 4.78 is 0. The molecular formula is C17H22ClN3. The van der Waals surface area contributed by atoms with Crippen LogP contribution >= 0.6 is 12.4 Å². The molecule has 0 saturated carbocycles. The normalized spacial score (nSPS) is 22.0. The second kappa shape index (κ2) is 7.03. The van der Waals surface area contributed by atoms with Crippen LogP contribution in [0.1, 0.15) is 22.7 Å². The second-order valence-electron chi connectivity index (χ2n) is 5.70. The summed E-state index contributed by atoms with van der Waals surface area (Å²) in [6, 6.07) is 15.0. The Bertz CT molecular complexity index is 556. The molecule has 2 aromatic rings. The minimum absolute atomic E-state index is 0. The van der Waals surface area contributed by atoms with E-state index in [1.807, 2.05) is 6.20 Å². The molecule has 1 saturated heterocycles. The third-order valence-electron chi connectivity index (χ3n) is 4.03. The monoisotopic (exact) mass is 303 g/mol. The number of pyridine rings is 1. The standard InChI is InChI=1S/C17H21N3.ClH/c1-13-7-8-15(19-9-13)10-20-11-16(17(18)12-20)14-5-3-2-4-6-14;/h2-9,16-17H,10-12,18H2,1H3;1H/t16-,17+;/m0./s1. The van der Waals surface area contributed by atoms with Crippen LogP contribution < -0.4 is 5.73 Å². The largest absolute Gasteiger partial charge is 0.326 e. The molecule has 3 rings (SSSR count). The van der Waals surface area contributed by atoms with Crippen molar-refractivity contribution < 1.29 is 0 Å². The molecular weight excluding hydrogens is 282 g/mol. The first kappa shape index (κ1) is 16.0. The molecule has 1 aromatic heterocycles. The van der Waals surface area contributed by atoms with Crippen LogP contribution in [0.25, 0.3) is 0 Å². The van der Waals surface area contributed by atoms with Gasteiger partial charge in [0.05, 0.1) is 5.69 Å². The molecule has 0 aliphatic carbocycles. The van der Waals surface area contributed by atoms with Gasteiger partial charge in [0.15, 0.2) is 0 Å². The van der Waals surface area contributed by atoms with E-state index in [9.17, 15) is 0 Å². The van der Waals surface area contributed by atoms with Crippen molar-refractivity contribution in [3.63, 3.8) is 0 Å². The maximum absolute atomic E-state index is 6.32. The Hall–Kier alpha value is -1.42. The van der Waals surface area contributed by atoms with Crippen LogP contribution in [-0.4, -0.2) is 29.0 Å². The van der Waals surface area contributed by atoms with E-state index in [1.54, 1.807) is 0 Å². The number of aryl methyl sites for hydroxylation is 1. The molecule has 21 heavy (non-hydrogen) atoms. The van der Waals surface area contributed by atoms with Crippen LogP contribution in [0.2, 0.25) is 0 Å². The number of hydrogen-bond acceptors (Lipinski definition) is 3. The Morgan fingerprint density at radius 2 is 1.90 bits per heavy atom. The summed E-state index contributed by atoms with van der Waals surface area (Å²) in [7, 11) is 0. The van der Waals surface area contributed by atoms with Crippen LogP contribution in [0.4, 0.5) is 0 Å². The molecule has 4 heteroatoms. The molecule has 0 amide bonds. The Morgan fingerprint density at radius 3 is 2.57 bits per heavy atom. The molecule has 0 unspecified atom stereocenters. The van der Waals surface area contributed by atoms with Crippen LogP contribution in [0.5, 0.6) is 0 Å². The Morgan fingerprint density at radius 1 is 1.14 bits per heavy atom. The van der Waals surface area contributed by atoms with Crippen LogP contribution in [0, 0.1) is 6.92 Å². The van der Waals surface area contributed by atoms with Crippen LogP contribution in [0.3, 0.4) is 0 Å². The molecule has 0 radical (unpaired) electrons. The lowest BCUT2D eigenvalue weighted by atomic mass is 9.95. The number of nitrogens with two attached hydrogens (primary N) is 1. The highest BCUT2D eigenvalue weighted by atomic mass is 35.5. The zero-order valence-electron chi connectivity index (χ0n) is 12.3. The molecule has 112 valence electrons. The molecule has 3 nitrogen and oxygen atoms in total. The van der Waals surface area contributed by atoms with E-state index in [0.717, 1.165) is 25.3 Å². The number of aromatic nitrogens is 1. The van der Waals surface area contributed by atoms with Gasteiger partial charge in [-0.3, -0.25) is 9.88 Å². The summed E-state index contributed by atoms with van der Waals surface area (Å²) in [5.74, 6) is 0.432. The Kier molecular flexibility index (Phi) is 5.34. The van der Waals surface area contributed by atoms with Crippen molar-refractivity contribution in [1.82, 2.24) is 9.88 Å². The molecule has 0 bridgehead atoms. The van der Waals surface area contributed by atoms with Gasteiger partial charge in [0.25, 0.3) is 0 Å². The summed E-state index contributed by atoms with van der Waals surface area (Å²) in [5, 5.41) is 0. The number of rotatable bonds is 3. The minimum atomic E-state index is 0. The van der Waals surface area contributed by atoms with Gasteiger partial charge in [-0.15, -0.1) is 12.4 Å². The molecule has 1 fully saturated rings. The fourth-order valence-corrected chi connectivity index (χ4v) is 2.92. The summed E-state index contributed by atoms with van der Waals surface area (Å²) in [4.78, 5) is 6.88. The van der Waals surface area contributed by atoms with Gasteiger partial charge in [-0.2, -0.15) is 0 Å². The average Bonchev–Trinajstić information content (AvgIpc) is 2.83. The Balaban J connectivity index is 0.00000161. The van der Waals surface area contributed by atoms with E-state index in [2.05, 4.69) is 59.3 Å². The summed E-state index contributed by atoms with van der Waals surface area (Å²) in [5.41, 5.74) is 9.99. The van der Waals surface area contributed by atoms with Crippen molar-refractivity contribution >= 4 is 12.4 Å². The van der Waals surface area contributed by atoms with Crippen molar-refractivity contribution in [2.75, 3.05) is 13.1 Å². The first-order valence-electron chi connectivity index (χ1n) is 7.17. The Labute approximate surface area is 132 Å². The maximum atomic E-state index is 6.32. The molecule has 0 spiro atoms. The van der Waals surface area contributed by atoms with Gasteiger partial charge < -0.3 is 5.73 Å². The smallest absolute Gasteiger partial charge is 0.0544 e. The lowest BCUT2D eigenvalue weighted by molar-refractivity contribution is 0.319. The fraction of sp³-hybridized carbons (Fsp3) is 0.353.